The maximum Gasteiger partial charge on any atom is 0.198 e. The molecule has 0 saturated carbocycles. The zero-order valence-corrected chi connectivity index (χ0v) is 11.5. The van der Waals surface area contributed by atoms with Gasteiger partial charge in [0.2, 0.25) is 0 Å². The van der Waals surface area contributed by atoms with Crippen LogP contribution in [0.1, 0.15) is 15.9 Å². The highest BCUT2D eigenvalue weighted by atomic mass is 79.9. The Morgan fingerprint density at radius 1 is 1.20 bits per heavy atom. The molecule has 6 heteroatoms. The molecule has 3 nitrogen and oxygen atoms in total. The van der Waals surface area contributed by atoms with Crippen molar-refractivity contribution >= 4 is 32.7 Å². The van der Waals surface area contributed by atoms with E-state index in [2.05, 4.69) is 25.9 Å². The van der Waals surface area contributed by atoms with Crippen molar-refractivity contribution in [2.75, 3.05) is 0 Å². The Hall–Kier alpha value is -2.08. The molecule has 1 N–H and O–H groups in total. The number of ketones is 1. The lowest BCUT2D eigenvalue weighted by molar-refractivity contribution is 0.103. The fraction of sp³-hybridized carbons (Fsp3) is 0. The maximum atomic E-state index is 13.7. The molecule has 0 aliphatic rings. The number of hydrogen-bond acceptors (Lipinski definition) is 2. The van der Waals surface area contributed by atoms with Crippen LogP contribution in [0, 0.1) is 11.6 Å². The van der Waals surface area contributed by atoms with E-state index in [0.717, 1.165) is 12.1 Å². The number of pyridine rings is 1. The van der Waals surface area contributed by atoms with Crippen molar-refractivity contribution in [2.24, 2.45) is 0 Å². The monoisotopic (exact) mass is 336 g/mol. The number of carbonyl (C=O) groups is 1. The van der Waals surface area contributed by atoms with Gasteiger partial charge in [0, 0.05) is 33.9 Å². The number of nitrogens with zero attached hydrogens (tertiary/aromatic N) is 1. The minimum atomic E-state index is -0.882. The van der Waals surface area contributed by atoms with E-state index in [1.807, 2.05) is 0 Å². The zero-order valence-electron chi connectivity index (χ0n) is 9.95. The van der Waals surface area contributed by atoms with E-state index in [9.17, 15) is 13.6 Å². The number of H-pyrrole nitrogens is 1. The average molecular weight is 337 g/mol. The lowest BCUT2D eigenvalue weighted by Gasteiger charge is -2.02. The second-order valence-corrected chi connectivity index (χ2v) is 5.12. The Bertz CT molecular complexity index is 829. The summed E-state index contributed by atoms with van der Waals surface area (Å²) in [5.74, 6) is -2.12. The fourth-order valence-corrected chi connectivity index (χ4v) is 2.32. The summed E-state index contributed by atoms with van der Waals surface area (Å²) in [4.78, 5) is 19.3. The first-order valence-electron chi connectivity index (χ1n) is 5.68. The van der Waals surface area contributed by atoms with Gasteiger partial charge < -0.3 is 4.98 Å². The van der Waals surface area contributed by atoms with E-state index in [1.54, 1.807) is 12.3 Å². The van der Waals surface area contributed by atoms with Crippen molar-refractivity contribution < 1.29 is 13.6 Å². The molecule has 0 atom stereocenters. The first-order chi connectivity index (χ1) is 9.56. The van der Waals surface area contributed by atoms with E-state index in [0.29, 0.717) is 27.1 Å². The number of carbonyl (C=O) groups excluding carboxylic acids is 1. The van der Waals surface area contributed by atoms with Gasteiger partial charge in [0.25, 0.3) is 0 Å². The summed E-state index contributed by atoms with van der Waals surface area (Å²) in [6.07, 6.45) is 3.06. The summed E-state index contributed by atoms with van der Waals surface area (Å²) in [5.41, 5.74) is 0.644. The molecule has 0 amide bonds. The average Bonchev–Trinajstić information content (AvgIpc) is 2.81. The van der Waals surface area contributed by atoms with E-state index in [4.69, 9.17) is 0 Å². The summed E-state index contributed by atoms with van der Waals surface area (Å²) < 4.78 is 27.3. The summed E-state index contributed by atoms with van der Waals surface area (Å²) >= 11 is 3.27. The Labute approximate surface area is 120 Å². The number of hydrogen-bond donors (Lipinski definition) is 1. The van der Waals surface area contributed by atoms with Crippen LogP contribution in [0.4, 0.5) is 8.78 Å². The first kappa shape index (κ1) is 12.9. The molecule has 0 saturated heterocycles. The molecule has 3 rings (SSSR count). The molecule has 0 spiro atoms. The Morgan fingerprint density at radius 3 is 2.75 bits per heavy atom. The van der Waals surface area contributed by atoms with Gasteiger partial charge in [-0.05, 0) is 34.1 Å². The molecule has 0 unspecified atom stereocenters. The SMILES string of the molecule is O=C(c1ccc(F)cc1F)c1c[nH]c2ncc(Br)cc12. The molecule has 1 aromatic carbocycles. The lowest BCUT2D eigenvalue weighted by atomic mass is 10.0. The highest BCUT2D eigenvalue weighted by molar-refractivity contribution is 9.10. The number of halogens is 3. The van der Waals surface area contributed by atoms with Crippen LogP contribution in [0.3, 0.4) is 0 Å². The van der Waals surface area contributed by atoms with Crippen LogP contribution in [0.2, 0.25) is 0 Å². The van der Waals surface area contributed by atoms with Gasteiger partial charge >= 0.3 is 0 Å². The van der Waals surface area contributed by atoms with Crippen molar-refractivity contribution in [2.45, 2.75) is 0 Å². The summed E-state index contributed by atoms with van der Waals surface area (Å²) in [5, 5.41) is 0.577. The van der Waals surface area contributed by atoms with Gasteiger partial charge in [0.05, 0.1) is 5.56 Å². The number of nitrogens with one attached hydrogen (secondary N) is 1. The van der Waals surface area contributed by atoms with Crippen LogP contribution in [-0.4, -0.2) is 15.8 Å². The lowest BCUT2D eigenvalue weighted by Crippen LogP contribution is -2.04. The molecule has 0 radical (unpaired) electrons. The maximum absolute atomic E-state index is 13.7. The first-order valence-corrected chi connectivity index (χ1v) is 6.48. The molecular weight excluding hydrogens is 330 g/mol. The molecule has 0 fully saturated rings. The van der Waals surface area contributed by atoms with Crippen LogP contribution in [0.25, 0.3) is 11.0 Å². The third-order valence-corrected chi connectivity index (χ3v) is 3.35. The second kappa shape index (κ2) is 4.79. The molecule has 3 aromatic rings. The quantitative estimate of drug-likeness (QED) is 0.723. The fourth-order valence-electron chi connectivity index (χ4n) is 1.98. The van der Waals surface area contributed by atoms with Gasteiger partial charge in [-0.25, -0.2) is 13.8 Å². The molecule has 2 heterocycles. The number of rotatable bonds is 2. The van der Waals surface area contributed by atoms with Crippen LogP contribution < -0.4 is 0 Å². The van der Waals surface area contributed by atoms with Gasteiger partial charge in [-0.2, -0.15) is 0 Å². The van der Waals surface area contributed by atoms with Crippen molar-refractivity contribution in [3.05, 3.63) is 63.9 Å². The van der Waals surface area contributed by atoms with Gasteiger partial charge in [0.15, 0.2) is 5.78 Å². The van der Waals surface area contributed by atoms with E-state index in [-0.39, 0.29) is 5.56 Å². The third kappa shape index (κ3) is 2.12. The molecule has 0 bridgehead atoms. The predicted molar refractivity (Wildman–Crippen MR) is 73.6 cm³/mol. The van der Waals surface area contributed by atoms with Gasteiger partial charge in [0.1, 0.15) is 17.3 Å². The molecule has 0 aliphatic heterocycles. The largest absolute Gasteiger partial charge is 0.345 e. The van der Waals surface area contributed by atoms with Crippen LogP contribution in [0.15, 0.2) is 41.1 Å². The number of aromatic nitrogens is 2. The van der Waals surface area contributed by atoms with Gasteiger partial charge in [-0.1, -0.05) is 0 Å². The highest BCUT2D eigenvalue weighted by Crippen LogP contribution is 2.24. The minimum Gasteiger partial charge on any atom is -0.345 e. The molecule has 2 aromatic heterocycles. The standard InChI is InChI=1S/C14H7BrF2N2O/c15-7-3-10-11(6-19-14(10)18-5-7)13(20)9-2-1-8(16)4-12(9)17/h1-6H,(H,18,19). The second-order valence-electron chi connectivity index (χ2n) is 4.21. The predicted octanol–water partition coefficient (Wildman–Crippen LogP) is 3.83. The van der Waals surface area contributed by atoms with Gasteiger partial charge in [-0.15, -0.1) is 0 Å². The van der Waals surface area contributed by atoms with Crippen LogP contribution in [0.5, 0.6) is 0 Å². The van der Waals surface area contributed by atoms with E-state index >= 15 is 0 Å². The smallest absolute Gasteiger partial charge is 0.198 e. The highest BCUT2D eigenvalue weighted by Gasteiger charge is 2.18. The van der Waals surface area contributed by atoms with Crippen molar-refractivity contribution in [1.29, 1.82) is 0 Å². The van der Waals surface area contributed by atoms with Crippen LogP contribution >= 0.6 is 15.9 Å². The number of benzene rings is 1. The van der Waals surface area contributed by atoms with E-state index < -0.39 is 17.4 Å². The Kier molecular flexibility index (Phi) is 3.10. The van der Waals surface area contributed by atoms with Gasteiger partial charge in [-0.3, -0.25) is 4.79 Å². The molecular formula is C14H7BrF2N2O. The van der Waals surface area contributed by atoms with Crippen LogP contribution in [-0.2, 0) is 0 Å². The van der Waals surface area contributed by atoms with Crippen molar-refractivity contribution in [1.82, 2.24) is 9.97 Å². The molecule has 0 aliphatic carbocycles. The zero-order chi connectivity index (χ0) is 14.3. The summed E-state index contributed by atoms with van der Waals surface area (Å²) in [7, 11) is 0. The number of aromatic amines is 1. The number of fused-ring (bicyclic) bond motifs is 1. The molecule has 100 valence electrons. The van der Waals surface area contributed by atoms with Crippen molar-refractivity contribution in [3.8, 4) is 0 Å². The Balaban J connectivity index is 2.15. The summed E-state index contributed by atoms with van der Waals surface area (Å²) in [6, 6.07) is 4.60. The normalized spacial score (nSPS) is 10.9. The molecule has 20 heavy (non-hydrogen) atoms. The van der Waals surface area contributed by atoms with Crippen molar-refractivity contribution in [3.63, 3.8) is 0 Å². The topological polar surface area (TPSA) is 45.8 Å². The van der Waals surface area contributed by atoms with E-state index in [1.165, 1.54) is 6.20 Å². The Morgan fingerprint density at radius 2 is 2.00 bits per heavy atom. The summed E-state index contributed by atoms with van der Waals surface area (Å²) in [6.45, 7) is 0. The third-order valence-electron chi connectivity index (χ3n) is 2.92. The minimum absolute atomic E-state index is 0.174.